The van der Waals surface area contributed by atoms with E-state index in [1.807, 2.05) is 0 Å². The molecule has 0 spiro atoms. The van der Waals surface area contributed by atoms with Gasteiger partial charge in [0, 0.05) is 24.4 Å². The van der Waals surface area contributed by atoms with Gasteiger partial charge in [-0.1, -0.05) is 84.4 Å². The lowest BCUT2D eigenvalue weighted by molar-refractivity contribution is 0.137. The molecule has 2 aliphatic carbocycles. The fraction of sp³-hybridized carbons (Fsp3) is 0.760. The first-order chi connectivity index (χ1) is 14.6. The quantitative estimate of drug-likeness (QED) is 0.514. The van der Waals surface area contributed by atoms with Crippen LogP contribution >= 0.6 is 0 Å². The average Bonchev–Trinajstić information content (AvgIpc) is 2.79. The fourth-order valence-electron chi connectivity index (χ4n) is 6.63. The molecule has 5 heteroatoms. The van der Waals surface area contributed by atoms with Gasteiger partial charge in [0.1, 0.15) is 0 Å². The summed E-state index contributed by atoms with van der Waals surface area (Å²) in [7, 11) is 0. The smallest absolute Gasteiger partial charge is 0.335 e. The van der Waals surface area contributed by atoms with Gasteiger partial charge in [-0.05, 0) is 49.5 Å². The number of hydrogen-bond acceptors (Lipinski definition) is 3. The fourth-order valence-corrected chi connectivity index (χ4v) is 6.63. The summed E-state index contributed by atoms with van der Waals surface area (Å²) in [5, 5.41) is 0. The minimum Gasteiger partial charge on any atom is -0.433 e. The highest BCUT2D eigenvalue weighted by Crippen LogP contribution is 2.39. The van der Waals surface area contributed by atoms with E-state index in [0.29, 0.717) is 25.6 Å². The summed E-state index contributed by atoms with van der Waals surface area (Å²) in [5.41, 5.74) is 1.41. The first-order valence-corrected chi connectivity index (χ1v) is 12.9. The summed E-state index contributed by atoms with van der Waals surface area (Å²) in [6.45, 7) is 11.9. The topological polar surface area (TPSA) is 9.72 Å². The molecular formula is C25H43B2N3. The van der Waals surface area contributed by atoms with E-state index in [9.17, 15) is 0 Å². The largest absolute Gasteiger partial charge is 0.433 e. The monoisotopic (exact) mass is 407 g/mol. The Hall–Kier alpha value is -0.930. The van der Waals surface area contributed by atoms with Crippen LogP contribution in [0.2, 0.25) is 11.6 Å². The lowest BCUT2D eigenvalue weighted by atomic mass is 9.44. The van der Waals surface area contributed by atoms with Crippen molar-refractivity contribution in [2.24, 2.45) is 0 Å². The Balaban J connectivity index is 1.75. The predicted molar refractivity (Wildman–Crippen MR) is 133 cm³/mol. The second-order valence-electron chi connectivity index (χ2n) is 10.8. The van der Waals surface area contributed by atoms with Crippen LogP contribution in [-0.4, -0.2) is 42.3 Å². The van der Waals surface area contributed by atoms with Gasteiger partial charge in [-0.2, -0.15) is 0 Å². The molecule has 3 aliphatic rings. The Labute approximate surface area is 186 Å². The zero-order chi connectivity index (χ0) is 21.1. The van der Waals surface area contributed by atoms with E-state index in [2.05, 4.69) is 72.4 Å². The lowest BCUT2D eigenvalue weighted by Gasteiger charge is -2.58. The minimum atomic E-state index is 0.489. The lowest BCUT2D eigenvalue weighted by Crippen LogP contribution is -2.76. The zero-order valence-electron chi connectivity index (χ0n) is 20.0. The van der Waals surface area contributed by atoms with Crippen LogP contribution in [0.15, 0.2) is 30.3 Å². The van der Waals surface area contributed by atoms with Gasteiger partial charge in [0.25, 0.3) is 0 Å². The maximum atomic E-state index is 2.93. The molecule has 0 amide bonds. The van der Waals surface area contributed by atoms with Crippen LogP contribution in [0.5, 0.6) is 0 Å². The molecule has 4 rings (SSSR count). The highest BCUT2D eigenvalue weighted by molar-refractivity contribution is 6.83. The Morgan fingerprint density at radius 2 is 1.10 bits per heavy atom. The number of anilines is 1. The van der Waals surface area contributed by atoms with Crippen LogP contribution in [-0.2, 0) is 0 Å². The third kappa shape index (κ3) is 4.63. The molecule has 1 aromatic carbocycles. The normalized spacial score (nSPS) is 23.7. The zero-order valence-corrected chi connectivity index (χ0v) is 20.0. The summed E-state index contributed by atoms with van der Waals surface area (Å²) in [4.78, 5) is 5.87. The van der Waals surface area contributed by atoms with E-state index >= 15 is 0 Å². The van der Waals surface area contributed by atoms with Crippen molar-refractivity contribution in [2.45, 2.75) is 116 Å². The summed E-state index contributed by atoms with van der Waals surface area (Å²) in [6, 6.07) is 12.8. The van der Waals surface area contributed by atoms with Crippen molar-refractivity contribution in [1.82, 2.24) is 9.62 Å². The molecule has 2 saturated carbocycles. The third-order valence-corrected chi connectivity index (χ3v) is 7.91. The van der Waals surface area contributed by atoms with Crippen LogP contribution in [0.1, 0.15) is 91.9 Å². The number of para-hydroxylation sites is 1. The van der Waals surface area contributed by atoms with E-state index < -0.39 is 0 Å². The van der Waals surface area contributed by atoms with Crippen molar-refractivity contribution in [3.05, 3.63) is 30.3 Å². The van der Waals surface area contributed by atoms with Crippen LogP contribution in [0.3, 0.4) is 0 Å². The van der Waals surface area contributed by atoms with Crippen LogP contribution < -0.4 is 4.72 Å². The molecule has 0 radical (unpaired) electrons. The molecule has 1 heterocycles. The minimum absolute atomic E-state index is 0.489. The molecule has 1 aliphatic heterocycles. The van der Waals surface area contributed by atoms with E-state index in [0.717, 1.165) is 12.1 Å². The summed E-state index contributed by atoms with van der Waals surface area (Å²) < 4.78 is 2.84. The van der Waals surface area contributed by atoms with Gasteiger partial charge < -0.3 is 14.3 Å². The highest BCUT2D eigenvalue weighted by atomic mass is 15.4. The SMILES string of the molecule is CC(C)B1N(c2ccccc2)B(C(C)C)N(C2CCCCC2)CN1C1CCCCC1. The standard InChI is InChI=1S/C25H43B2N3/c1-21(2)26-28(23-14-8-5-9-15-23)20-29(24-16-10-6-11-17-24)27(22(3)4)30(26)25-18-12-7-13-19-25/h7,12-13,18-19,21-24H,5-6,8-11,14-17,20H2,1-4H3. The molecule has 3 nitrogen and oxygen atoms in total. The van der Waals surface area contributed by atoms with Gasteiger partial charge in [-0.15, -0.1) is 0 Å². The van der Waals surface area contributed by atoms with Crippen molar-refractivity contribution in [3.63, 3.8) is 0 Å². The molecule has 1 aromatic rings. The molecule has 0 aromatic heterocycles. The maximum absolute atomic E-state index is 2.93. The van der Waals surface area contributed by atoms with E-state index in [-0.39, 0.29) is 0 Å². The molecule has 0 N–H and O–H groups in total. The van der Waals surface area contributed by atoms with E-state index in [1.54, 1.807) is 0 Å². The second-order valence-corrected chi connectivity index (χ2v) is 10.8. The van der Waals surface area contributed by atoms with Gasteiger partial charge in [0.2, 0.25) is 0 Å². The van der Waals surface area contributed by atoms with Crippen molar-refractivity contribution >= 4 is 19.7 Å². The van der Waals surface area contributed by atoms with Crippen LogP contribution in [0.4, 0.5) is 5.69 Å². The number of benzene rings is 1. The van der Waals surface area contributed by atoms with Crippen molar-refractivity contribution in [2.75, 3.05) is 11.4 Å². The molecule has 0 atom stereocenters. The van der Waals surface area contributed by atoms with Crippen molar-refractivity contribution in [3.8, 4) is 0 Å². The van der Waals surface area contributed by atoms with Gasteiger partial charge in [-0.25, -0.2) is 0 Å². The molecule has 30 heavy (non-hydrogen) atoms. The van der Waals surface area contributed by atoms with Crippen LogP contribution in [0, 0.1) is 0 Å². The summed E-state index contributed by atoms with van der Waals surface area (Å²) in [5.74, 6) is 1.23. The molecule has 0 bridgehead atoms. The molecule has 164 valence electrons. The van der Waals surface area contributed by atoms with E-state index in [4.69, 9.17) is 0 Å². The Kier molecular flexibility index (Phi) is 7.52. The molecule has 3 fully saturated rings. The second kappa shape index (κ2) is 10.1. The van der Waals surface area contributed by atoms with Gasteiger partial charge in [0.05, 0.1) is 0 Å². The first-order valence-electron chi connectivity index (χ1n) is 12.9. The van der Waals surface area contributed by atoms with Crippen LogP contribution in [0.25, 0.3) is 0 Å². The average molecular weight is 407 g/mol. The Morgan fingerprint density at radius 3 is 1.50 bits per heavy atom. The predicted octanol–water partition coefficient (Wildman–Crippen LogP) is 6.53. The van der Waals surface area contributed by atoms with Gasteiger partial charge >= 0.3 is 14.0 Å². The van der Waals surface area contributed by atoms with Gasteiger partial charge in [-0.3, -0.25) is 0 Å². The van der Waals surface area contributed by atoms with Crippen molar-refractivity contribution in [1.29, 1.82) is 0 Å². The number of nitrogens with zero attached hydrogens (tertiary/aromatic N) is 3. The first kappa shape index (κ1) is 22.3. The molecule has 0 unspecified atom stereocenters. The highest BCUT2D eigenvalue weighted by Gasteiger charge is 2.51. The Morgan fingerprint density at radius 1 is 0.667 bits per heavy atom. The molecule has 1 saturated heterocycles. The summed E-state index contributed by atoms with van der Waals surface area (Å²) in [6.07, 6.45) is 14.0. The Bertz CT molecular complexity index is 605. The van der Waals surface area contributed by atoms with Gasteiger partial charge in [0.15, 0.2) is 0 Å². The third-order valence-electron chi connectivity index (χ3n) is 7.91. The number of hydrogen-bond donors (Lipinski definition) is 0. The number of rotatable bonds is 5. The maximum Gasteiger partial charge on any atom is 0.335 e. The molecular weight excluding hydrogens is 364 g/mol. The van der Waals surface area contributed by atoms with Crippen molar-refractivity contribution < 1.29 is 0 Å². The van der Waals surface area contributed by atoms with E-state index in [1.165, 1.54) is 76.6 Å². The summed E-state index contributed by atoms with van der Waals surface area (Å²) >= 11 is 0.